The Morgan fingerprint density at radius 2 is 1.88 bits per heavy atom. The predicted molar refractivity (Wildman–Crippen MR) is 96.1 cm³/mol. The summed E-state index contributed by atoms with van der Waals surface area (Å²) >= 11 is 0. The van der Waals surface area contributed by atoms with Gasteiger partial charge in [0.05, 0.1) is 16.1 Å². The van der Waals surface area contributed by atoms with Crippen molar-refractivity contribution in [3.05, 3.63) is 29.8 Å². The summed E-state index contributed by atoms with van der Waals surface area (Å²) in [4.78, 5) is 26.6. The Hall–Kier alpha value is -1.89. The molecule has 1 aliphatic rings. The van der Waals surface area contributed by atoms with E-state index in [1.807, 2.05) is 6.92 Å². The van der Waals surface area contributed by atoms with Crippen molar-refractivity contribution in [3.63, 3.8) is 0 Å². The molecule has 2 amide bonds. The molecule has 0 aromatic heterocycles. The van der Waals surface area contributed by atoms with Gasteiger partial charge in [-0.25, -0.2) is 8.42 Å². The summed E-state index contributed by atoms with van der Waals surface area (Å²) in [7, 11) is -3.35. The third kappa shape index (κ3) is 4.39. The third-order valence-corrected chi connectivity index (χ3v) is 6.65. The standard InChI is InChI=1S/C18H26N2O4S/c1-4-19-17(21)15-6-5-11-20(12-15)18(22)14-7-9-16(10-8-14)25(23,24)13(2)3/h7-10,13,15H,4-6,11-12H2,1-3H3,(H,19,21)/t15-/m0/s1. The molecule has 0 bridgehead atoms. The van der Waals surface area contributed by atoms with Gasteiger partial charge >= 0.3 is 0 Å². The molecular formula is C18H26N2O4S. The number of nitrogens with one attached hydrogen (secondary N) is 1. The molecule has 1 N–H and O–H groups in total. The van der Waals surface area contributed by atoms with Crippen LogP contribution < -0.4 is 5.32 Å². The van der Waals surface area contributed by atoms with E-state index in [0.29, 0.717) is 25.2 Å². The van der Waals surface area contributed by atoms with Crippen LogP contribution in [0, 0.1) is 5.92 Å². The zero-order valence-electron chi connectivity index (χ0n) is 15.0. The van der Waals surface area contributed by atoms with Crippen LogP contribution >= 0.6 is 0 Å². The second-order valence-corrected chi connectivity index (χ2v) is 9.11. The monoisotopic (exact) mass is 366 g/mol. The van der Waals surface area contributed by atoms with Gasteiger partial charge in [-0.2, -0.15) is 0 Å². The highest BCUT2D eigenvalue weighted by Gasteiger charge is 2.29. The van der Waals surface area contributed by atoms with Crippen LogP contribution in [-0.2, 0) is 14.6 Å². The van der Waals surface area contributed by atoms with Crippen LogP contribution in [0.1, 0.15) is 44.0 Å². The summed E-state index contributed by atoms with van der Waals surface area (Å²) in [5, 5.41) is 2.30. The van der Waals surface area contributed by atoms with Gasteiger partial charge in [0.25, 0.3) is 5.91 Å². The maximum atomic E-state index is 12.7. The quantitative estimate of drug-likeness (QED) is 0.862. The van der Waals surface area contributed by atoms with Gasteiger partial charge < -0.3 is 10.2 Å². The minimum absolute atomic E-state index is 0.0154. The summed E-state index contributed by atoms with van der Waals surface area (Å²) in [6, 6.07) is 6.06. The SMILES string of the molecule is CCNC(=O)[C@H]1CCCN(C(=O)c2ccc(S(=O)(=O)C(C)C)cc2)C1. The van der Waals surface area contributed by atoms with Crippen LogP contribution in [0.25, 0.3) is 0 Å². The molecule has 7 heteroatoms. The first-order chi connectivity index (χ1) is 11.8. The van der Waals surface area contributed by atoms with Crippen LogP contribution in [0.2, 0.25) is 0 Å². The fourth-order valence-corrected chi connectivity index (χ4v) is 4.00. The molecule has 0 unspecified atom stereocenters. The number of carbonyl (C=O) groups excluding carboxylic acids is 2. The van der Waals surface area contributed by atoms with Gasteiger partial charge in [-0.05, 0) is 57.9 Å². The second-order valence-electron chi connectivity index (χ2n) is 6.60. The van der Waals surface area contributed by atoms with Crippen molar-refractivity contribution in [1.82, 2.24) is 10.2 Å². The first-order valence-electron chi connectivity index (χ1n) is 8.68. The predicted octanol–water partition coefficient (Wildman–Crippen LogP) is 1.86. The molecule has 1 atom stereocenters. The molecule has 1 heterocycles. The smallest absolute Gasteiger partial charge is 0.253 e. The molecule has 1 aromatic carbocycles. The van der Waals surface area contributed by atoms with Crippen molar-refractivity contribution in [2.75, 3.05) is 19.6 Å². The van der Waals surface area contributed by atoms with Gasteiger partial charge in [-0.3, -0.25) is 9.59 Å². The fraction of sp³-hybridized carbons (Fsp3) is 0.556. The minimum atomic E-state index is -3.35. The molecule has 138 valence electrons. The summed E-state index contributed by atoms with van der Waals surface area (Å²) in [5.41, 5.74) is 0.444. The highest BCUT2D eigenvalue weighted by molar-refractivity contribution is 7.92. The lowest BCUT2D eigenvalue weighted by Crippen LogP contribution is -2.45. The lowest BCUT2D eigenvalue weighted by molar-refractivity contribution is -0.126. The molecule has 1 aromatic rings. The Labute approximate surface area is 149 Å². The number of carbonyl (C=O) groups is 2. The van der Waals surface area contributed by atoms with Gasteiger partial charge in [-0.1, -0.05) is 0 Å². The average Bonchev–Trinajstić information content (AvgIpc) is 2.61. The number of rotatable bonds is 5. The minimum Gasteiger partial charge on any atom is -0.356 e. The van der Waals surface area contributed by atoms with E-state index >= 15 is 0 Å². The number of hydrogen-bond acceptors (Lipinski definition) is 4. The maximum Gasteiger partial charge on any atom is 0.253 e. The zero-order chi connectivity index (χ0) is 18.6. The van der Waals surface area contributed by atoms with Crippen molar-refractivity contribution in [1.29, 1.82) is 0 Å². The van der Waals surface area contributed by atoms with Gasteiger partial charge in [0.15, 0.2) is 9.84 Å². The van der Waals surface area contributed by atoms with Crippen molar-refractivity contribution >= 4 is 21.7 Å². The van der Waals surface area contributed by atoms with E-state index < -0.39 is 15.1 Å². The molecule has 0 spiro atoms. The average molecular weight is 366 g/mol. The Morgan fingerprint density at radius 1 is 1.24 bits per heavy atom. The van der Waals surface area contributed by atoms with E-state index in [1.54, 1.807) is 30.9 Å². The topological polar surface area (TPSA) is 83.6 Å². The molecule has 1 aliphatic heterocycles. The third-order valence-electron chi connectivity index (χ3n) is 4.48. The van der Waals surface area contributed by atoms with Gasteiger partial charge in [0.2, 0.25) is 5.91 Å². The van der Waals surface area contributed by atoms with Crippen LogP contribution in [-0.4, -0.2) is 50.0 Å². The van der Waals surface area contributed by atoms with E-state index in [4.69, 9.17) is 0 Å². The molecule has 2 rings (SSSR count). The number of hydrogen-bond donors (Lipinski definition) is 1. The molecule has 0 radical (unpaired) electrons. The van der Waals surface area contributed by atoms with Crippen LogP contribution in [0.15, 0.2) is 29.2 Å². The normalized spacial score (nSPS) is 18.2. The lowest BCUT2D eigenvalue weighted by atomic mass is 9.96. The van der Waals surface area contributed by atoms with E-state index in [-0.39, 0.29) is 22.6 Å². The molecule has 0 aliphatic carbocycles. The van der Waals surface area contributed by atoms with Gasteiger partial charge in [0.1, 0.15) is 0 Å². The maximum absolute atomic E-state index is 12.7. The first-order valence-corrected chi connectivity index (χ1v) is 10.2. The number of sulfone groups is 1. The number of benzene rings is 1. The summed E-state index contributed by atoms with van der Waals surface area (Å²) < 4.78 is 24.3. The summed E-state index contributed by atoms with van der Waals surface area (Å²) in [5.74, 6) is -0.362. The first kappa shape index (κ1) is 19.4. The summed E-state index contributed by atoms with van der Waals surface area (Å²) in [6.07, 6.45) is 1.56. The highest BCUT2D eigenvalue weighted by atomic mass is 32.2. The van der Waals surface area contributed by atoms with Crippen LogP contribution in [0.3, 0.4) is 0 Å². The molecule has 6 nitrogen and oxygen atoms in total. The lowest BCUT2D eigenvalue weighted by Gasteiger charge is -2.32. The van der Waals surface area contributed by atoms with Crippen LogP contribution in [0.4, 0.5) is 0 Å². The highest BCUT2D eigenvalue weighted by Crippen LogP contribution is 2.21. The Kier molecular flexibility index (Phi) is 6.21. The number of likely N-dealkylation sites (tertiary alicyclic amines) is 1. The zero-order valence-corrected chi connectivity index (χ0v) is 15.8. The van der Waals surface area contributed by atoms with Crippen molar-refractivity contribution in [2.24, 2.45) is 5.92 Å². The van der Waals surface area contributed by atoms with E-state index in [9.17, 15) is 18.0 Å². The van der Waals surface area contributed by atoms with Crippen molar-refractivity contribution in [3.8, 4) is 0 Å². The fourth-order valence-electron chi connectivity index (χ4n) is 2.94. The number of piperidine rings is 1. The largest absolute Gasteiger partial charge is 0.356 e. The Balaban J connectivity index is 2.11. The molecule has 0 saturated carbocycles. The molecular weight excluding hydrogens is 340 g/mol. The van der Waals surface area contributed by atoms with E-state index in [2.05, 4.69) is 5.32 Å². The number of amides is 2. The number of nitrogens with zero attached hydrogens (tertiary/aromatic N) is 1. The van der Waals surface area contributed by atoms with E-state index in [1.165, 1.54) is 12.1 Å². The van der Waals surface area contributed by atoms with Crippen molar-refractivity contribution in [2.45, 2.75) is 43.8 Å². The Morgan fingerprint density at radius 3 is 2.44 bits per heavy atom. The van der Waals surface area contributed by atoms with Crippen LogP contribution in [0.5, 0.6) is 0 Å². The summed E-state index contributed by atoms with van der Waals surface area (Å²) in [6.45, 7) is 6.72. The molecule has 1 fully saturated rings. The van der Waals surface area contributed by atoms with Gasteiger partial charge in [-0.15, -0.1) is 0 Å². The van der Waals surface area contributed by atoms with E-state index in [0.717, 1.165) is 12.8 Å². The van der Waals surface area contributed by atoms with Crippen molar-refractivity contribution < 1.29 is 18.0 Å². The molecule has 1 saturated heterocycles. The van der Waals surface area contributed by atoms with Gasteiger partial charge in [0, 0.05) is 25.2 Å². The second kappa shape index (κ2) is 7.99. The Bertz CT molecular complexity index is 726. The molecule has 25 heavy (non-hydrogen) atoms.